The minimum atomic E-state index is -0.0891. The number of hydrogen-bond acceptors (Lipinski definition) is 4. The number of carbonyl (C=O) groups is 1. The molecule has 28 heavy (non-hydrogen) atoms. The number of aromatic nitrogens is 1. The molecule has 0 atom stereocenters. The van der Waals surface area contributed by atoms with Crippen molar-refractivity contribution in [3.05, 3.63) is 83.7 Å². The lowest BCUT2D eigenvalue weighted by molar-refractivity contribution is 0.0984. The van der Waals surface area contributed by atoms with E-state index in [0.717, 1.165) is 23.2 Å². The largest absolute Gasteiger partial charge is 0.490 e. The van der Waals surface area contributed by atoms with Gasteiger partial charge in [-0.1, -0.05) is 24.3 Å². The van der Waals surface area contributed by atoms with Crippen LogP contribution >= 0.6 is 0 Å². The van der Waals surface area contributed by atoms with Gasteiger partial charge in [0.1, 0.15) is 0 Å². The quantitative estimate of drug-likeness (QED) is 0.679. The minimum Gasteiger partial charge on any atom is -0.490 e. The average Bonchev–Trinajstić information content (AvgIpc) is 2.98. The zero-order valence-electron chi connectivity index (χ0n) is 15.8. The third kappa shape index (κ3) is 3.83. The van der Waals surface area contributed by atoms with Crippen molar-refractivity contribution in [2.45, 2.75) is 19.9 Å². The van der Waals surface area contributed by atoms with Gasteiger partial charge in [0.05, 0.1) is 19.8 Å². The number of pyridine rings is 1. The van der Waals surface area contributed by atoms with Crippen LogP contribution < -0.4 is 14.4 Å². The van der Waals surface area contributed by atoms with Gasteiger partial charge >= 0.3 is 0 Å². The van der Waals surface area contributed by atoms with Crippen molar-refractivity contribution >= 4 is 11.6 Å². The van der Waals surface area contributed by atoms with Crippen LogP contribution in [0.5, 0.6) is 11.5 Å². The van der Waals surface area contributed by atoms with E-state index in [1.165, 1.54) is 0 Å². The van der Waals surface area contributed by atoms with Crippen molar-refractivity contribution in [3.63, 3.8) is 0 Å². The van der Waals surface area contributed by atoms with Crippen LogP contribution in [0.2, 0.25) is 0 Å². The van der Waals surface area contributed by atoms with Gasteiger partial charge in [-0.15, -0.1) is 0 Å². The summed E-state index contributed by atoms with van der Waals surface area (Å²) in [6.07, 6.45) is 4.34. The normalized spacial score (nSPS) is 12.9. The summed E-state index contributed by atoms with van der Waals surface area (Å²) in [7, 11) is 0. The average molecular weight is 374 g/mol. The maximum Gasteiger partial charge on any atom is 0.258 e. The standard InChI is InChI=1S/C23H22N2O3/c1-17-6-2-3-8-20(17)25(16-18-7-4-11-24-15-18)23(26)19-9-10-21-22(14-19)28-13-5-12-27-21/h2-4,6-11,14-15H,5,12-13,16H2,1H3. The van der Waals surface area contributed by atoms with Gasteiger partial charge in [0.2, 0.25) is 0 Å². The number of carbonyl (C=O) groups excluding carboxylic acids is 1. The van der Waals surface area contributed by atoms with Crippen molar-refractivity contribution in [2.24, 2.45) is 0 Å². The van der Waals surface area contributed by atoms with Gasteiger partial charge in [-0.25, -0.2) is 0 Å². The first-order chi connectivity index (χ1) is 13.7. The molecule has 1 amide bonds. The Morgan fingerprint density at radius 1 is 1.04 bits per heavy atom. The molecular formula is C23H22N2O3. The summed E-state index contributed by atoms with van der Waals surface area (Å²) in [6, 6.07) is 17.1. The van der Waals surface area contributed by atoms with E-state index in [9.17, 15) is 4.79 Å². The van der Waals surface area contributed by atoms with Crippen LogP contribution in [0.25, 0.3) is 0 Å². The molecule has 2 aromatic carbocycles. The lowest BCUT2D eigenvalue weighted by Crippen LogP contribution is -2.31. The van der Waals surface area contributed by atoms with Crippen molar-refractivity contribution in [3.8, 4) is 11.5 Å². The molecule has 0 bridgehead atoms. The zero-order valence-corrected chi connectivity index (χ0v) is 15.8. The molecule has 142 valence electrons. The Bertz CT molecular complexity index is 973. The fraction of sp³-hybridized carbons (Fsp3) is 0.217. The Kier molecular flexibility index (Phi) is 5.24. The first-order valence-electron chi connectivity index (χ1n) is 9.38. The number of fused-ring (bicyclic) bond motifs is 1. The van der Waals surface area contributed by atoms with E-state index in [1.54, 1.807) is 29.4 Å². The third-order valence-corrected chi connectivity index (χ3v) is 4.71. The second kappa shape index (κ2) is 8.13. The Morgan fingerprint density at radius 3 is 2.64 bits per heavy atom. The molecule has 0 spiro atoms. The van der Waals surface area contributed by atoms with E-state index in [-0.39, 0.29) is 5.91 Å². The number of rotatable bonds is 4. The lowest BCUT2D eigenvalue weighted by Gasteiger charge is -2.25. The number of benzene rings is 2. The molecular weight excluding hydrogens is 352 g/mol. The van der Waals surface area contributed by atoms with Gasteiger partial charge in [0.15, 0.2) is 11.5 Å². The smallest absolute Gasteiger partial charge is 0.258 e. The zero-order chi connectivity index (χ0) is 19.3. The highest BCUT2D eigenvalue weighted by Gasteiger charge is 2.22. The molecule has 1 aromatic heterocycles. The summed E-state index contributed by atoms with van der Waals surface area (Å²) in [5.74, 6) is 1.21. The third-order valence-electron chi connectivity index (χ3n) is 4.71. The predicted octanol–water partition coefficient (Wildman–Crippen LogP) is 4.40. The number of anilines is 1. The van der Waals surface area contributed by atoms with Gasteiger partial charge in [-0.05, 0) is 48.4 Å². The van der Waals surface area contributed by atoms with Crippen LogP contribution in [0.15, 0.2) is 67.0 Å². The summed E-state index contributed by atoms with van der Waals surface area (Å²) in [5.41, 5.74) is 3.45. The molecule has 0 N–H and O–H groups in total. The number of amides is 1. The summed E-state index contributed by atoms with van der Waals surface area (Å²) in [5, 5.41) is 0. The van der Waals surface area contributed by atoms with Gasteiger partial charge in [0.25, 0.3) is 5.91 Å². The second-order valence-electron chi connectivity index (χ2n) is 6.75. The Balaban J connectivity index is 1.71. The van der Waals surface area contributed by atoms with Gasteiger partial charge in [0, 0.05) is 30.1 Å². The van der Waals surface area contributed by atoms with E-state index >= 15 is 0 Å². The molecule has 5 heteroatoms. The van der Waals surface area contributed by atoms with E-state index in [0.29, 0.717) is 36.8 Å². The van der Waals surface area contributed by atoms with Crippen molar-refractivity contribution in [2.75, 3.05) is 18.1 Å². The molecule has 0 saturated carbocycles. The summed E-state index contributed by atoms with van der Waals surface area (Å²) < 4.78 is 11.4. The molecule has 0 aliphatic carbocycles. The number of aryl methyl sites for hydroxylation is 1. The monoisotopic (exact) mass is 374 g/mol. The highest BCUT2D eigenvalue weighted by Crippen LogP contribution is 2.32. The maximum atomic E-state index is 13.5. The molecule has 0 radical (unpaired) electrons. The van der Waals surface area contributed by atoms with Crippen molar-refractivity contribution in [1.82, 2.24) is 4.98 Å². The van der Waals surface area contributed by atoms with Crippen LogP contribution in [0.3, 0.4) is 0 Å². The molecule has 0 fully saturated rings. The number of ether oxygens (including phenoxy) is 2. The summed E-state index contributed by atoms with van der Waals surface area (Å²) in [6.45, 7) is 3.65. The predicted molar refractivity (Wildman–Crippen MR) is 108 cm³/mol. The van der Waals surface area contributed by atoms with Crippen LogP contribution in [-0.4, -0.2) is 24.1 Å². The summed E-state index contributed by atoms with van der Waals surface area (Å²) in [4.78, 5) is 19.4. The highest BCUT2D eigenvalue weighted by molar-refractivity contribution is 6.06. The number of para-hydroxylation sites is 1. The van der Waals surface area contributed by atoms with E-state index in [1.807, 2.05) is 49.4 Å². The molecule has 1 aliphatic heterocycles. The van der Waals surface area contributed by atoms with Gasteiger partial charge < -0.3 is 14.4 Å². The number of hydrogen-bond donors (Lipinski definition) is 0. The molecule has 5 nitrogen and oxygen atoms in total. The minimum absolute atomic E-state index is 0.0891. The lowest BCUT2D eigenvalue weighted by atomic mass is 10.1. The second-order valence-corrected chi connectivity index (χ2v) is 6.75. The van der Waals surface area contributed by atoms with Crippen LogP contribution in [0, 0.1) is 6.92 Å². The molecule has 4 rings (SSSR count). The first kappa shape index (κ1) is 18.0. The molecule has 1 aliphatic rings. The SMILES string of the molecule is Cc1ccccc1N(Cc1cccnc1)C(=O)c1ccc2c(c1)OCCCO2. The molecule has 2 heterocycles. The molecule has 3 aromatic rings. The fourth-order valence-electron chi connectivity index (χ4n) is 3.26. The van der Waals surface area contributed by atoms with Crippen molar-refractivity contribution in [1.29, 1.82) is 0 Å². The van der Waals surface area contributed by atoms with Gasteiger partial charge in [-0.3, -0.25) is 9.78 Å². The van der Waals surface area contributed by atoms with E-state index < -0.39 is 0 Å². The summed E-state index contributed by atoms with van der Waals surface area (Å²) >= 11 is 0. The Hall–Kier alpha value is -3.34. The topological polar surface area (TPSA) is 51.7 Å². The van der Waals surface area contributed by atoms with E-state index in [4.69, 9.17) is 9.47 Å². The fourth-order valence-corrected chi connectivity index (χ4v) is 3.26. The van der Waals surface area contributed by atoms with Gasteiger partial charge in [-0.2, -0.15) is 0 Å². The van der Waals surface area contributed by atoms with Crippen molar-refractivity contribution < 1.29 is 14.3 Å². The van der Waals surface area contributed by atoms with Crippen LogP contribution in [-0.2, 0) is 6.54 Å². The first-order valence-corrected chi connectivity index (χ1v) is 9.38. The number of nitrogens with zero attached hydrogens (tertiary/aromatic N) is 2. The highest BCUT2D eigenvalue weighted by atomic mass is 16.5. The molecule has 0 unspecified atom stereocenters. The maximum absolute atomic E-state index is 13.5. The Morgan fingerprint density at radius 2 is 1.86 bits per heavy atom. The Labute approximate surface area is 164 Å². The van der Waals surface area contributed by atoms with E-state index in [2.05, 4.69) is 4.98 Å². The van der Waals surface area contributed by atoms with Crippen LogP contribution in [0.1, 0.15) is 27.9 Å². The van der Waals surface area contributed by atoms with Crippen LogP contribution in [0.4, 0.5) is 5.69 Å². The molecule has 0 saturated heterocycles.